The number of carboxylic acids is 1. The Balaban J connectivity index is 1.80. The molecule has 0 aliphatic carbocycles. The molecule has 0 heterocycles. The second kappa shape index (κ2) is 8.22. The number of hydrogen-bond donors (Lipinski definition) is 1. The van der Waals surface area contributed by atoms with Crippen molar-refractivity contribution in [1.82, 2.24) is 0 Å². The van der Waals surface area contributed by atoms with Gasteiger partial charge in [-0.1, -0.05) is 36.4 Å². The Morgan fingerprint density at radius 2 is 1.59 bits per heavy atom. The highest BCUT2D eigenvalue weighted by Crippen LogP contribution is 2.27. The van der Waals surface area contributed by atoms with Crippen LogP contribution >= 0.6 is 0 Å². The summed E-state index contributed by atoms with van der Waals surface area (Å²) in [5, 5.41) is 10.6. The molecule has 0 atom stereocenters. The van der Waals surface area contributed by atoms with Crippen LogP contribution in [-0.2, 0) is 4.79 Å². The minimum absolute atomic E-state index is 0.0705. The van der Waals surface area contributed by atoms with Crippen LogP contribution in [0.3, 0.4) is 0 Å². The molecule has 0 radical (unpaired) electrons. The van der Waals surface area contributed by atoms with Gasteiger partial charge in [-0.3, -0.25) is 4.79 Å². The summed E-state index contributed by atoms with van der Waals surface area (Å²) in [5.41, 5.74) is -0.168. The summed E-state index contributed by atoms with van der Waals surface area (Å²) in [4.78, 5) is 23.3. The lowest BCUT2D eigenvalue weighted by atomic mass is 10.1. The maximum absolute atomic E-state index is 13.0. The maximum Gasteiger partial charge on any atom is 0.471 e. The van der Waals surface area contributed by atoms with Crippen LogP contribution in [0.2, 0.25) is 0 Å². The molecule has 0 bridgehead atoms. The van der Waals surface area contributed by atoms with Crippen LogP contribution in [0.25, 0.3) is 10.8 Å². The van der Waals surface area contributed by atoms with E-state index in [1.807, 2.05) is 30.3 Å². The number of rotatable bonds is 6. The highest BCUT2D eigenvalue weighted by Gasteiger charge is 2.43. The number of aromatic carboxylic acids is 1. The lowest BCUT2D eigenvalue weighted by Crippen LogP contribution is -2.43. The summed E-state index contributed by atoms with van der Waals surface area (Å²) in [6.45, 7) is -0.551. The summed E-state index contributed by atoms with van der Waals surface area (Å²) in [6, 6.07) is 17.3. The van der Waals surface area contributed by atoms with Gasteiger partial charge in [0.1, 0.15) is 12.4 Å². The first-order valence-corrected chi connectivity index (χ1v) is 8.60. The average Bonchev–Trinajstić information content (AvgIpc) is 2.70. The van der Waals surface area contributed by atoms with Gasteiger partial charge in [0.15, 0.2) is 0 Å². The Hall–Kier alpha value is -3.55. The molecule has 0 unspecified atom stereocenters. The summed E-state index contributed by atoms with van der Waals surface area (Å²) in [7, 11) is 0. The Labute approximate surface area is 163 Å². The Morgan fingerprint density at radius 1 is 0.931 bits per heavy atom. The molecule has 0 aromatic heterocycles. The summed E-state index contributed by atoms with van der Waals surface area (Å²) >= 11 is 0. The van der Waals surface area contributed by atoms with Crippen LogP contribution in [0.4, 0.5) is 18.9 Å². The average molecular weight is 403 g/mol. The Bertz CT molecular complexity index is 1030. The second-order valence-corrected chi connectivity index (χ2v) is 6.13. The van der Waals surface area contributed by atoms with Crippen molar-refractivity contribution < 1.29 is 32.6 Å². The first-order chi connectivity index (χ1) is 13.8. The van der Waals surface area contributed by atoms with Gasteiger partial charge in [0, 0.05) is 11.1 Å². The molecule has 29 heavy (non-hydrogen) atoms. The van der Waals surface area contributed by atoms with Gasteiger partial charge >= 0.3 is 18.1 Å². The van der Waals surface area contributed by atoms with E-state index >= 15 is 0 Å². The highest BCUT2D eigenvalue weighted by atomic mass is 19.4. The van der Waals surface area contributed by atoms with E-state index in [0.717, 1.165) is 35.0 Å². The molecule has 3 rings (SSSR count). The molecule has 0 spiro atoms. The van der Waals surface area contributed by atoms with E-state index in [9.17, 15) is 22.8 Å². The van der Waals surface area contributed by atoms with Gasteiger partial charge in [-0.05, 0) is 35.7 Å². The molecule has 1 amide bonds. The standard InChI is InChI=1S/C21H16F3NO4/c22-21(23,24)20(28)25(16-10-8-15(9-11-16)19(26)27)12-13-29-18-7-3-5-14-4-1-2-6-17(14)18/h1-11H,12-13H2,(H,26,27). The van der Waals surface area contributed by atoms with Crippen molar-refractivity contribution in [3.05, 3.63) is 72.3 Å². The van der Waals surface area contributed by atoms with Gasteiger partial charge in [0.2, 0.25) is 0 Å². The molecule has 0 aliphatic heterocycles. The summed E-state index contributed by atoms with van der Waals surface area (Å²) < 4.78 is 44.7. The van der Waals surface area contributed by atoms with Crippen LogP contribution in [0.15, 0.2) is 66.7 Å². The van der Waals surface area contributed by atoms with Crippen molar-refractivity contribution in [2.24, 2.45) is 0 Å². The van der Waals surface area contributed by atoms with Gasteiger partial charge in [0.25, 0.3) is 0 Å². The first kappa shape index (κ1) is 20.2. The van der Waals surface area contributed by atoms with E-state index in [0.29, 0.717) is 10.6 Å². The second-order valence-electron chi connectivity index (χ2n) is 6.13. The van der Waals surface area contributed by atoms with E-state index in [4.69, 9.17) is 9.84 Å². The number of fused-ring (bicyclic) bond motifs is 1. The SMILES string of the molecule is O=C(O)c1ccc(N(CCOc2cccc3ccccc23)C(=O)C(F)(F)F)cc1. The largest absolute Gasteiger partial charge is 0.491 e. The number of benzene rings is 3. The monoisotopic (exact) mass is 403 g/mol. The zero-order valence-electron chi connectivity index (χ0n) is 15.0. The number of carboxylic acid groups (broad SMARTS) is 1. The van der Waals surface area contributed by atoms with Crippen molar-refractivity contribution >= 4 is 28.3 Å². The van der Waals surface area contributed by atoms with Crippen molar-refractivity contribution in [2.75, 3.05) is 18.1 Å². The van der Waals surface area contributed by atoms with Gasteiger partial charge < -0.3 is 14.7 Å². The number of halogens is 3. The van der Waals surface area contributed by atoms with Gasteiger partial charge in [-0.15, -0.1) is 0 Å². The molecule has 0 fully saturated rings. The van der Waals surface area contributed by atoms with E-state index < -0.39 is 18.1 Å². The molecule has 8 heteroatoms. The molecule has 3 aromatic rings. The summed E-state index contributed by atoms with van der Waals surface area (Å²) in [5.74, 6) is -2.78. The maximum atomic E-state index is 13.0. The Morgan fingerprint density at radius 3 is 2.24 bits per heavy atom. The van der Waals surface area contributed by atoms with Gasteiger partial charge in [0.05, 0.1) is 12.1 Å². The van der Waals surface area contributed by atoms with Crippen LogP contribution in [0, 0.1) is 0 Å². The van der Waals surface area contributed by atoms with Gasteiger partial charge in [-0.2, -0.15) is 13.2 Å². The van der Waals surface area contributed by atoms with Crippen molar-refractivity contribution in [1.29, 1.82) is 0 Å². The number of carbonyl (C=O) groups is 2. The summed E-state index contributed by atoms with van der Waals surface area (Å²) in [6.07, 6.45) is -5.08. The minimum Gasteiger partial charge on any atom is -0.491 e. The van der Waals surface area contributed by atoms with E-state index in [1.54, 1.807) is 12.1 Å². The molecular weight excluding hydrogens is 387 g/mol. The lowest BCUT2D eigenvalue weighted by Gasteiger charge is -2.24. The fourth-order valence-electron chi connectivity index (χ4n) is 2.85. The molecule has 0 aliphatic rings. The number of alkyl halides is 3. The number of anilines is 1. The number of amides is 1. The fraction of sp³-hybridized carbons (Fsp3) is 0.143. The van der Waals surface area contributed by atoms with Crippen LogP contribution in [0.1, 0.15) is 10.4 Å². The smallest absolute Gasteiger partial charge is 0.471 e. The molecule has 150 valence electrons. The zero-order chi connectivity index (χ0) is 21.0. The zero-order valence-corrected chi connectivity index (χ0v) is 15.0. The fourth-order valence-corrected chi connectivity index (χ4v) is 2.85. The van der Waals surface area contributed by atoms with E-state index in [-0.39, 0.29) is 24.4 Å². The normalized spacial score (nSPS) is 11.3. The van der Waals surface area contributed by atoms with Crippen molar-refractivity contribution in [2.45, 2.75) is 6.18 Å². The van der Waals surface area contributed by atoms with Crippen LogP contribution < -0.4 is 9.64 Å². The van der Waals surface area contributed by atoms with Crippen LogP contribution in [0.5, 0.6) is 5.75 Å². The highest BCUT2D eigenvalue weighted by molar-refractivity contribution is 5.98. The third-order valence-electron chi connectivity index (χ3n) is 4.24. The molecule has 5 nitrogen and oxygen atoms in total. The molecule has 0 saturated heterocycles. The quantitative estimate of drug-likeness (QED) is 0.658. The van der Waals surface area contributed by atoms with Crippen LogP contribution in [-0.4, -0.2) is 36.3 Å². The molecule has 0 saturated carbocycles. The topological polar surface area (TPSA) is 66.8 Å². The Kier molecular flexibility index (Phi) is 5.72. The lowest BCUT2D eigenvalue weighted by molar-refractivity contribution is -0.170. The number of ether oxygens (including phenoxy) is 1. The predicted octanol–water partition coefficient (Wildman–Crippen LogP) is 4.51. The van der Waals surface area contributed by atoms with Crippen molar-refractivity contribution in [3.8, 4) is 5.75 Å². The van der Waals surface area contributed by atoms with Crippen molar-refractivity contribution in [3.63, 3.8) is 0 Å². The number of nitrogens with zero attached hydrogens (tertiary/aromatic N) is 1. The predicted molar refractivity (Wildman–Crippen MR) is 101 cm³/mol. The molecular formula is C21H16F3NO4. The number of carbonyl (C=O) groups excluding carboxylic acids is 1. The molecule has 3 aromatic carbocycles. The van der Waals surface area contributed by atoms with E-state index in [2.05, 4.69) is 0 Å². The first-order valence-electron chi connectivity index (χ1n) is 8.60. The number of hydrogen-bond acceptors (Lipinski definition) is 3. The minimum atomic E-state index is -5.08. The third kappa shape index (κ3) is 4.66. The molecule has 1 N–H and O–H groups in total. The van der Waals surface area contributed by atoms with Gasteiger partial charge in [-0.25, -0.2) is 4.79 Å². The third-order valence-corrected chi connectivity index (χ3v) is 4.24. The van der Waals surface area contributed by atoms with E-state index in [1.165, 1.54) is 0 Å².